The molecule has 0 saturated carbocycles. The quantitative estimate of drug-likeness (QED) is 0.0792. The molecule has 2 rings (SSSR count). The van der Waals surface area contributed by atoms with Crippen LogP contribution < -0.4 is 4.74 Å². The first-order chi connectivity index (χ1) is 21.3. The monoisotopic (exact) mass is 582 g/mol. The number of unbranched alkanes of at least 4 members (excludes halogenated alkanes) is 18. The first-order valence-electron chi connectivity index (χ1n) is 17.9. The zero-order chi connectivity index (χ0) is 30.5. The number of para-hydroxylation sites is 2. The summed E-state index contributed by atoms with van der Waals surface area (Å²) in [7, 11) is 0. The van der Waals surface area contributed by atoms with Crippen molar-refractivity contribution in [2.45, 2.75) is 142 Å². The van der Waals surface area contributed by atoms with Crippen molar-refractivity contribution in [3.8, 4) is 11.5 Å². The molecule has 0 bridgehead atoms. The second kappa shape index (κ2) is 26.8. The summed E-state index contributed by atoms with van der Waals surface area (Å²) in [6.45, 7) is 4.57. The van der Waals surface area contributed by atoms with E-state index in [-0.39, 0.29) is 0 Å². The normalized spacial score (nSPS) is 12.0. The van der Waals surface area contributed by atoms with Crippen LogP contribution in [0.5, 0.6) is 11.5 Å². The lowest BCUT2D eigenvalue weighted by Crippen LogP contribution is -1.89. The van der Waals surface area contributed by atoms with Crippen molar-refractivity contribution in [3.05, 3.63) is 96.1 Å². The Morgan fingerprint density at radius 3 is 1.16 bits per heavy atom. The van der Waals surface area contributed by atoms with E-state index >= 15 is 0 Å². The minimum atomic E-state index is 0.882. The van der Waals surface area contributed by atoms with E-state index in [0.717, 1.165) is 35.5 Å². The molecule has 1 heteroatoms. The summed E-state index contributed by atoms with van der Waals surface area (Å²) < 4.78 is 6.42. The highest BCUT2D eigenvalue weighted by Gasteiger charge is 2.05. The first-order valence-corrected chi connectivity index (χ1v) is 17.9. The van der Waals surface area contributed by atoms with Gasteiger partial charge in [-0.3, -0.25) is 0 Å². The minimum absolute atomic E-state index is 0.882. The Morgan fingerprint density at radius 2 is 0.767 bits per heavy atom. The molecule has 0 unspecified atom stereocenters. The summed E-state index contributed by atoms with van der Waals surface area (Å²) in [5.74, 6) is 1.76. The lowest BCUT2D eigenvalue weighted by molar-refractivity contribution is 0.480. The van der Waals surface area contributed by atoms with E-state index in [4.69, 9.17) is 4.74 Å². The summed E-state index contributed by atoms with van der Waals surface area (Å²) in [6.07, 6.45) is 44.7. The van der Waals surface area contributed by atoms with Crippen LogP contribution in [0.3, 0.4) is 0 Å². The van der Waals surface area contributed by atoms with Gasteiger partial charge in [0.25, 0.3) is 0 Å². The van der Waals surface area contributed by atoms with Crippen LogP contribution in [-0.2, 0) is 0 Å². The van der Waals surface area contributed by atoms with Crippen LogP contribution in [0, 0.1) is 0 Å². The van der Waals surface area contributed by atoms with Gasteiger partial charge in [-0.15, -0.1) is 0 Å². The molecule has 0 N–H and O–H groups in total. The molecule has 0 aliphatic rings. The molecule has 2 aromatic carbocycles. The number of allylic oxidation sites excluding steroid dienone is 6. The third-order valence-electron chi connectivity index (χ3n) is 8.05. The molecule has 1 nitrogen and oxygen atoms in total. The molecule has 236 valence electrons. The third kappa shape index (κ3) is 19.2. The van der Waals surface area contributed by atoms with Gasteiger partial charge in [0.2, 0.25) is 0 Å². The Hall–Kier alpha value is -2.80. The van der Waals surface area contributed by atoms with Crippen LogP contribution in [0.4, 0.5) is 0 Å². The maximum absolute atomic E-state index is 6.42. The Labute approximate surface area is 266 Å². The molecule has 2 aromatic rings. The average molecular weight is 583 g/mol. The molecule has 0 aliphatic carbocycles. The van der Waals surface area contributed by atoms with Gasteiger partial charge in [0, 0.05) is 11.1 Å². The van der Waals surface area contributed by atoms with Gasteiger partial charge in [-0.05, 0) is 37.8 Å². The summed E-state index contributed by atoms with van der Waals surface area (Å²) >= 11 is 0. The Bertz CT molecular complexity index is 957. The average Bonchev–Trinajstić information content (AvgIpc) is 3.03. The lowest BCUT2D eigenvalue weighted by atomic mass is 10.1. The molecule has 0 heterocycles. The van der Waals surface area contributed by atoms with E-state index in [2.05, 4.69) is 98.9 Å². The van der Waals surface area contributed by atoms with Crippen molar-refractivity contribution < 1.29 is 4.74 Å². The van der Waals surface area contributed by atoms with Crippen LogP contribution in [-0.4, -0.2) is 0 Å². The van der Waals surface area contributed by atoms with Crippen molar-refractivity contribution in [3.63, 3.8) is 0 Å². The van der Waals surface area contributed by atoms with Gasteiger partial charge in [-0.25, -0.2) is 0 Å². The minimum Gasteiger partial charge on any atom is -0.456 e. The molecule has 0 aliphatic heterocycles. The maximum Gasteiger partial charge on any atom is 0.134 e. The van der Waals surface area contributed by atoms with Crippen LogP contribution in [0.2, 0.25) is 0 Å². The predicted octanol–water partition coefficient (Wildman–Crippen LogP) is 14.5. The first kappa shape index (κ1) is 36.4. The molecule has 0 saturated heterocycles. The highest BCUT2D eigenvalue weighted by Crippen LogP contribution is 2.29. The fraction of sp³-hybridized carbons (Fsp3) is 0.524. The number of ether oxygens (including phenoxy) is 1. The van der Waals surface area contributed by atoms with Gasteiger partial charge in [0.1, 0.15) is 11.5 Å². The summed E-state index contributed by atoms with van der Waals surface area (Å²) in [6, 6.07) is 16.6. The van der Waals surface area contributed by atoms with Crippen molar-refractivity contribution in [1.29, 1.82) is 0 Å². The van der Waals surface area contributed by atoms with Crippen molar-refractivity contribution in [2.24, 2.45) is 0 Å². The van der Waals surface area contributed by atoms with E-state index in [1.54, 1.807) is 0 Å². The fourth-order valence-corrected chi connectivity index (χ4v) is 5.35. The standard InChI is InChI=1S/C42H62O/c1-3-5-7-9-11-13-15-17-19-21-23-25-27-33-39-35-29-31-37-41(39)43-42-38-32-30-36-40(42)34-28-26-24-22-20-18-16-14-12-10-8-6-4-2/h23-38H,3-22H2,1-2H3. The van der Waals surface area contributed by atoms with Crippen molar-refractivity contribution in [1.82, 2.24) is 0 Å². The van der Waals surface area contributed by atoms with Gasteiger partial charge < -0.3 is 4.74 Å². The molecule has 0 spiro atoms. The van der Waals surface area contributed by atoms with Crippen LogP contribution in [0.15, 0.2) is 85.0 Å². The van der Waals surface area contributed by atoms with Crippen LogP contribution in [0.25, 0.3) is 12.2 Å². The zero-order valence-electron chi connectivity index (χ0n) is 27.8. The van der Waals surface area contributed by atoms with Crippen LogP contribution in [0.1, 0.15) is 153 Å². The predicted molar refractivity (Wildman–Crippen MR) is 193 cm³/mol. The Kier molecular flexibility index (Phi) is 22.7. The molecule has 43 heavy (non-hydrogen) atoms. The number of rotatable bonds is 26. The lowest BCUT2D eigenvalue weighted by Gasteiger charge is -2.11. The Balaban J connectivity index is 1.72. The molecule has 0 fully saturated rings. The number of benzene rings is 2. The highest BCUT2D eigenvalue weighted by molar-refractivity contribution is 5.62. The molecule has 0 atom stereocenters. The topological polar surface area (TPSA) is 9.23 Å². The second-order valence-electron chi connectivity index (χ2n) is 12.0. The summed E-state index contributed by atoms with van der Waals surface area (Å²) in [4.78, 5) is 0. The second-order valence-corrected chi connectivity index (χ2v) is 12.0. The Morgan fingerprint density at radius 1 is 0.419 bits per heavy atom. The molecule has 0 aromatic heterocycles. The summed E-state index contributed by atoms with van der Waals surface area (Å²) in [5.41, 5.74) is 2.18. The van der Waals surface area contributed by atoms with E-state index in [1.165, 1.54) is 116 Å². The fourth-order valence-electron chi connectivity index (χ4n) is 5.35. The maximum atomic E-state index is 6.42. The van der Waals surface area contributed by atoms with Crippen molar-refractivity contribution in [2.75, 3.05) is 0 Å². The summed E-state index contributed by atoms with van der Waals surface area (Å²) in [5, 5.41) is 0. The van der Waals surface area contributed by atoms with Crippen molar-refractivity contribution >= 4 is 12.2 Å². The van der Waals surface area contributed by atoms with Gasteiger partial charge in [-0.2, -0.15) is 0 Å². The van der Waals surface area contributed by atoms with Crippen LogP contribution >= 0.6 is 0 Å². The number of hydrogen-bond acceptors (Lipinski definition) is 1. The van der Waals surface area contributed by atoms with Gasteiger partial charge in [0.15, 0.2) is 0 Å². The highest BCUT2D eigenvalue weighted by atomic mass is 16.5. The molecular formula is C42H62O. The van der Waals surface area contributed by atoms with Gasteiger partial charge >= 0.3 is 0 Å². The van der Waals surface area contributed by atoms with E-state index in [1.807, 2.05) is 12.1 Å². The SMILES string of the molecule is CCCCCCCCCCCC=CC=Cc1ccccc1Oc1ccccc1C=CC=CCCCCCCCCCCC. The molecular weight excluding hydrogens is 520 g/mol. The largest absolute Gasteiger partial charge is 0.456 e. The van der Waals surface area contributed by atoms with Gasteiger partial charge in [-0.1, -0.05) is 202 Å². The van der Waals surface area contributed by atoms with Gasteiger partial charge in [0.05, 0.1) is 0 Å². The zero-order valence-corrected chi connectivity index (χ0v) is 27.8. The number of hydrogen-bond donors (Lipinski definition) is 0. The van der Waals surface area contributed by atoms with E-state index in [0.29, 0.717) is 0 Å². The third-order valence-corrected chi connectivity index (χ3v) is 8.05. The van der Waals surface area contributed by atoms with E-state index in [9.17, 15) is 0 Å². The molecule has 0 radical (unpaired) electrons. The molecule has 0 amide bonds. The van der Waals surface area contributed by atoms with E-state index < -0.39 is 0 Å². The smallest absolute Gasteiger partial charge is 0.134 e.